The number of fused-ring (bicyclic) bond motifs is 2. The van der Waals surface area contributed by atoms with Crippen molar-refractivity contribution in [3.8, 4) is 0 Å². The van der Waals surface area contributed by atoms with Crippen molar-refractivity contribution in [1.29, 1.82) is 0 Å². The van der Waals surface area contributed by atoms with Crippen molar-refractivity contribution in [2.75, 3.05) is 18.5 Å². The first-order valence-electron chi connectivity index (χ1n) is 12.2. The van der Waals surface area contributed by atoms with E-state index >= 15 is 0 Å². The van der Waals surface area contributed by atoms with Crippen LogP contribution >= 0.6 is 0 Å². The Kier molecular flexibility index (Phi) is 6.43. The third-order valence-electron chi connectivity index (χ3n) is 8.42. The zero-order chi connectivity index (χ0) is 22.2. The van der Waals surface area contributed by atoms with Crippen molar-refractivity contribution in [3.63, 3.8) is 0 Å². The lowest BCUT2D eigenvalue weighted by atomic mass is 9.67. The number of rotatable bonds is 6. The first kappa shape index (κ1) is 22.3. The molecule has 2 bridgehead atoms. The van der Waals surface area contributed by atoms with E-state index in [2.05, 4.69) is 26.2 Å². The number of hydrogen-bond acceptors (Lipinski definition) is 3. The lowest BCUT2D eigenvalue weighted by Crippen LogP contribution is -2.54. The van der Waals surface area contributed by atoms with Gasteiger partial charge in [0, 0.05) is 24.7 Å². The van der Waals surface area contributed by atoms with E-state index in [1.165, 1.54) is 6.42 Å². The van der Waals surface area contributed by atoms with Gasteiger partial charge in [0.15, 0.2) is 0 Å². The van der Waals surface area contributed by atoms with Crippen molar-refractivity contribution in [2.45, 2.75) is 71.8 Å². The number of hydrazine groups is 1. The van der Waals surface area contributed by atoms with E-state index in [-0.39, 0.29) is 30.3 Å². The second kappa shape index (κ2) is 8.93. The van der Waals surface area contributed by atoms with E-state index in [0.717, 1.165) is 44.2 Å². The molecule has 4 unspecified atom stereocenters. The third kappa shape index (κ3) is 4.26. The summed E-state index contributed by atoms with van der Waals surface area (Å²) in [5.74, 6) is 1.55. The van der Waals surface area contributed by atoms with Crippen LogP contribution in [0.4, 0.5) is 5.69 Å². The van der Waals surface area contributed by atoms with Crippen LogP contribution in [0.25, 0.3) is 0 Å². The van der Waals surface area contributed by atoms with Gasteiger partial charge in [-0.05, 0) is 61.0 Å². The molecule has 4 rings (SSSR count). The molecule has 0 heterocycles. The quantitative estimate of drug-likeness (QED) is 0.676. The zero-order valence-electron chi connectivity index (χ0n) is 19.6. The molecule has 0 aliphatic heterocycles. The molecule has 1 aromatic carbocycles. The molecule has 170 valence electrons. The Labute approximate surface area is 187 Å². The zero-order valence-corrected chi connectivity index (χ0v) is 19.6. The summed E-state index contributed by atoms with van der Waals surface area (Å²) in [6.07, 6.45) is 7.89. The Morgan fingerprint density at radius 3 is 2.35 bits per heavy atom. The summed E-state index contributed by atoms with van der Waals surface area (Å²) in [6.45, 7) is 7.01. The van der Waals surface area contributed by atoms with Gasteiger partial charge in [-0.3, -0.25) is 14.6 Å². The predicted molar refractivity (Wildman–Crippen MR) is 124 cm³/mol. The maximum atomic E-state index is 13.6. The van der Waals surface area contributed by atoms with Crippen molar-refractivity contribution in [1.82, 2.24) is 10.4 Å². The largest absolute Gasteiger partial charge is 0.308 e. The molecule has 3 fully saturated rings. The highest BCUT2D eigenvalue weighted by Gasteiger charge is 2.57. The van der Waals surface area contributed by atoms with E-state index in [1.54, 1.807) is 12.1 Å². The molecule has 0 spiro atoms. The second-order valence-corrected chi connectivity index (χ2v) is 10.7. The number of anilines is 1. The Morgan fingerprint density at radius 2 is 1.77 bits per heavy atom. The van der Waals surface area contributed by atoms with E-state index in [9.17, 15) is 9.59 Å². The van der Waals surface area contributed by atoms with Crippen molar-refractivity contribution >= 4 is 17.5 Å². The van der Waals surface area contributed by atoms with Crippen molar-refractivity contribution in [2.24, 2.45) is 29.1 Å². The molecule has 3 aliphatic carbocycles. The van der Waals surface area contributed by atoms with E-state index < -0.39 is 0 Å². The topological polar surface area (TPSA) is 52.7 Å². The van der Waals surface area contributed by atoms with Crippen molar-refractivity contribution < 1.29 is 9.59 Å². The number of carbonyl (C=O) groups is 2. The summed E-state index contributed by atoms with van der Waals surface area (Å²) in [5.41, 5.74) is 4.32. The molecule has 1 aromatic rings. The molecule has 1 N–H and O–H groups in total. The summed E-state index contributed by atoms with van der Waals surface area (Å²) in [5, 5.41) is 1.59. The highest BCUT2D eigenvalue weighted by atomic mass is 16.2. The van der Waals surface area contributed by atoms with Crippen LogP contribution in [0.5, 0.6) is 0 Å². The average Bonchev–Trinajstić information content (AvgIpc) is 3.25. The maximum absolute atomic E-state index is 13.6. The first-order valence-corrected chi connectivity index (χ1v) is 12.2. The molecule has 0 aromatic heterocycles. The highest BCUT2D eigenvalue weighted by Crippen LogP contribution is 2.61. The van der Waals surface area contributed by atoms with Gasteiger partial charge in [-0.15, -0.1) is 0 Å². The van der Waals surface area contributed by atoms with Gasteiger partial charge in [0.2, 0.25) is 11.8 Å². The van der Waals surface area contributed by atoms with E-state index in [0.29, 0.717) is 23.2 Å². The highest BCUT2D eigenvalue weighted by molar-refractivity contribution is 5.97. The number of nitrogens with one attached hydrogen (secondary N) is 1. The smallest absolute Gasteiger partial charge is 0.248 e. The molecule has 0 saturated heterocycles. The first-order chi connectivity index (χ1) is 14.8. The molecule has 5 nitrogen and oxygen atoms in total. The molecule has 3 saturated carbocycles. The molecular formula is C26H39N3O2. The molecule has 2 amide bonds. The molecule has 4 atom stereocenters. The van der Waals surface area contributed by atoms with Gasteiger partial charge in [-0.2, -0.15) is 0 Å². The molecule has 5 heteroatoms. The fourth-order valence-electron chi connectivity index (χ4n) is 7.01. The van der Waals surface area contributed by atoms with E-state index in [1.807, 2.05) is 35.2 Å². The lowest BCUT2D eigenvalue weighted by Gasteiger charge is -2.40. The van der Waals surface area contributed by atoms with E-state index in [4.69, 9.17) is 0 Å². The summed E-state index contributed by atoms with van der Waals surface area (Å²) < 4.78 is 0. The number of para-hydroxylation sites is 1. The Balaban J connectivity index is 1.50. The number of amides is 2. The van der Waals surface area contributed by atoms with Crippen molar-refractivity contribution in [3.05, 3.63) is 30.3 Å². The normalized spacial score (nSPS) is 29.7. The van der Waals surface area contributed by atoms with Gasteiger partial charge in [-0.1, -0.05) is 58.2 Å². The monoisotopic (exact) mass is 425 g/mol. The Morgan fingerprint density at radius 1 is 1.10 bits per heavy atom. The minimum absolute atomic E-state index is 0.0111. The number of carbonyl (C=O) groups excluding carboxylic acids is 2. The standard InChI is InChI=1S/C26H39N3O2/c1-18-22-15-19(16-26(22,2)3)24(18)25(31)28(27-4)17-23(30)29(20-11-7-5-8-12-20)21-13-9-6-10-14-21/h5,7-8,11-12,18-19,21-22,24,27H,6,9-10,13-17H2,1-4H3. The average molecular weight is 426 g/mol. The number of hydrogen-bond donors (Lipinski definition) is 1. The minimum Gasteiger partial charge on any atom is -0.308 e. The Bertz CT molecular complexity index is 785. The van der Waals surface area contributed by atoms with Gasteiger partial charge >= 0.3 is 0 Å². The summed E-state index contributed by atoms with van der Waals surface area (Å²) in [7, 11) is 1.76. The number of benzene rings is 1. The molecule has 3 aliphatic rings. The number of nitrogens with zero attached hydrogens (tertiary/aromatic N) is 2. The maximum Gasteiger partial charge on any atom is 0.248 e. The summed E-state index contributed by atoms with van der Waals surface area (Å²) in [4.78, 5) is 29.1. The van der Waals surface area contributed by atoms with Crippen LogP contribution in [0.2, 0.25) is 0 Å². The van der Waals surface area contributed by atoms with Gasteiger partial charge < -0.3 is 4.90 Å². The second-order valence-electron chi connectivity index (χ2n) is 10.7. The fraction of sp³-hybridized carbons (Fsp3) is 0.692. The predicted octanol–water partition coefficient (Wildman–Crippen LogP) is 4.63. The van der Waals surface area contributed by atoms with Crippen LogP contribution in [0.3, 0.4) is 0 Å². The summed E-state index contributed by atoms with van der Waals surface area (Å²) >= 11 is 0. The summed E-state index contributed by atoms with van der Waals surface area (Å²) in [6, 6.07) is 10.2. The van der Waals surface area contributed by atoms with Crippen LogP contribution in [-0.4, -0.2) is 36.5 Å². The van der Waals surface area contributed by atoms with Gasteiger partial charge in [0.25, 0.3) is 0 Å². The fourth-order valence-corrected chi connectivity index (χ4v) is 7.01. The molecule has 0 radical (unpaired) electrons. The SMILES string of the molecule is CNN(CC(=O)N(c1ccccc1)C1CCCCC1)C(=O)C1C2CC(C1C)C(C)(C)C2. The minimum atomic E-state index is 0.0111. The van der Waals surface area contributed by atoms with Gasteiger partial charge in [-0.25, -0.2) is 5.43 Å². The molecule has 31 heavy (non-hydrogen) atoms. The lowest BCUT2D eigenvalue weighted by molar-refractivity contribution is -0.145. The van der Waals surface area contributed by atoms with Gasteiger partial charge in [0.05, 0.1) is 0 Å². The van der Waals surface area contributed by atoms with Crippen LogP contribution in [0.1, 0.15) is 65.7 Å². The van der Waals surface area contributed by atoms with Crippen LogP contribution in [0.15, 0.2) is 30.3 Å². The third-order valence-corrected chi connectivity index (χ3v) is 8.42. The van der Waals surface area contributed by atoms with Crippen LogP contribution in [0, 0.1) is 29.1 Å². The molecular weight excluding hydrogens is 386 g/mol. The van der Waals surface area contributed by atoms with Gasteiger partial charge in [0.1, 0.15) is 6.54 Å². The van der Waals surface area contributed by atoms with Crippen LogP contribution < -0.4 is 10.3 Å². The van der Waals surface area contributed by atoms with Crippen LogP contribution in [-0.2, 0) is 9.59 Å². The Hall–Kier alpha value is -1.88.